The zero-order valence-electron chi connectivity index (χ0n) is 10.3. The maximum absolute atomic E-state index is 4.16. The van der Waals surface area contributed by atoms with E-state index in [4.69, 9.17) is 0 Å². The molecular weight excluding hydrogens is 194 g/mol. The van der Waals surface area contributed by atoms with Gasteiger partial charge in [0.05, 0.1) is 6.04 Å². The van der Waals surface area contributed by atoms with Crippen LogP contribution in [0.3, 0.4) is 0 Å². The number of hydrogen-bond donors (Lipinski definition) is 1. The van der Waals surface area contributed by atoms with Crippen molar-refractivity contribution < 1.29 is 5.32 Å². The van der Waals surface area contributed by atoms with Gasteiger partial charge in [-0.3, -0.25) is 0 Å². The predicted octanol–water partition coefficient (Wildman–Crippen LogP) is 2.67. The van der Waals surface area contributed by atoms with Crippen molar-refractivity contribution in [3.63, 3.8) is 0 Å². The number of hydrogen-bond acceptors (Lipinski definition) is 0. The van der Waals surface area contributed by atoms with E-state index in [2.05, 4.69) is 56.1 Å². The van der Waals surface area contributed by atoms with Gasteiger partial charge >= 0.3 is 0 Å². The third-order valence-corrected chi connectivity index (χ3v) is 3.72. The SMILES string of the molecule is C=C(C)[C@@H]1CC[C@H](C)[NH2+][C@H]1c1ccccc1. The van der Waals surface area contributed by atoms with Crippen molar-refractivity contribution in [2.45, 2.75) is 38.8 Å². The lowest BCUT2D eigenvalue weighted by atomic mass is 9.80. The largest absolute Gasteiger partial charge is 0.337 e. The molecule has 0 bridgehead atoms. The summed E-state index contributed by atoms with van der Waals surface area (Å²) < 4.78 is 0. The molecule has 3 atom stereocenters. The summed E-state index contributed by atoms with van der Waals surface area (Å²) in [6.45, 7) is 8.65. The lowest BCUT2D eigenvalue weighted by molar-refractivity contribution is -0.739. The summed E-state index contributed by atoms with van der Waals surface area (Å²) in [6.07, 6.45) is 2.59. The fourth-order valence-electron chi connectivity index (χ4n) is 2.78. The van der Waals surface area contributed by atoms with Crippen molar-refractivity contribution in [1.82, 2.24) is 0 Å². The minimum absolute atomic E-state index is 0.572. The van der Waals surface area contributed by atoms with Crippen LogP contribution in [0.2, 0.25) is 0 Å². The monoisotopic (exact) mass is 216 g/mol. The van der Waals surface area contributed by atoms with E-state index in [0.717, 1.165) is 6.04 Å². The van der Waals surface area contributed by atoms with Crippen LogP contribution in [-0.4, -0.2) is 6.04 Å². The third-order valence-electron chi connectivity index (χ3n) is 3.72. The molecule has 0 spiro atoms. The Labute approximate surface area is 98.6 Å². The van der Waals surface area contributed by atoms with E-state index in [-0.39, 0.29) is 0 Å². The summed E-state index contributed by atoms with van der Waals surface area (Å²) in [7, 11) is 0. The highest BCUT2D eigenvalue weighted by Gasteiger charge is 2.32. The number of benzene rings is 1. The van der Waals surface area contributed by atoms with Gasteiger partial charge in [0, 0.05) is 11.5 Å². The summed E-state index contributed by atoms with van der Waals surface area (Å²) in [6, 6.07) is 12.2. The molecule has 1 aromatic carbocycles. The van der Waals surface area contributed by atoms with E-state index in [1.165, 1.54) is 24.0 Å². The van der Waals surface area contributed by atoms with Crippen LogP contribution in [-0.2, 0) is 0 Å². The molecule has 1 nitrogen and oxygen atoms in total. The van der Waals surface area contributed by atoms with Crippen LogP contribution in [0.4, 0.5) is 0 Å². The second-order valence-electron chi connectivity index (χ2n) is 5.14. The van der Waals surface area contributed by atoms with Gasteiger partial charge in [-0.05, 0) is 26.7 Å². The molecule has 2 rings (SSSR count). The first-order valence-corrected chi connectivity index (χ1v) is 6.24. The Bertz CT molecular complexity index is 355. The van der Waals surface area contributed by atoms with Gasteiger partial charge in [0.25, 0.3) is 0 Å². The summed E-state index contributed by atoms with van der Waals surface area (Å²) in [5.74, 6) is 0.638. The van der Waals surface area contributed by atoms with Crippen molar-refractivity contribution in [1.29, 1.82) is 0 Å². The van der Waals surface area contributed by atoms with E-state index in [0.29, 0.717) is 12.0 Å². The molecule has 86 valence electrons. The van der Waals surface area contributed by atoms with Crippen molar-refractivity contribution in [3.8, 4) is 0 Å². The normalized spacial score (nSPS) is 30.0. The molecule has 0 unspecified atom stereocenters. The number of piperidine rings is 1. The Kier molecular flexibility index (Phi) is 3.45. The number of quaternary nitrogens is 1. The quantitative estimate of drug-likeness (QED) is 0.732. The molecule has 2 N–H and O–H groups in total. The van der Waals surface area contributed by atoms with Crippen molar-refractivity contribution in [3.05, 3.63) is 48.0 Å². The lowest BCUT2D eigenvalue weighted by Crippen LogP contribution is -2.92. The number of rotatable bonds is 2. The summed E-state index contributed by atoms with van der Waals surface area (Å²) >= 11 is 0. The molecule has 1 fully saturated rings. The molecule has 0 amide bonds. The van der Waals surface area contributed by atoms with E-state index in [1.807, 2.05) is 0 Å². The van der Waals surface area contributed by atoms with Crippen molar-refractivity contribution in [2.75, 3.05) is 0 Å². The first kappa shape index (κ1) is 11.4. The lowest BCUT2D eigenvalue weighted by Gasteiger charge is -2.33. The minimum Gasteiger partial charge on any atom is -0.337 e. The maximum Gasteiger partial charge on any atom is 0.118 e. The molecule has 0 radical (unpaired) electrons. The Hall–Kier alpha value is -1.08. The second-order valence-corrected chi connectivity index (χ2v) is 5.14. The molecule has 1 aliphatic heterocycles. The summed E-state index contributed by atoms with van der Waals surface area (Å²) in [5.41, 5.74) is 2.78. The molecule has 0 aromatic heterocycles. The van der Waals surface area contributed by atoms with Gasteiger partial charge in [-0.25, -0.2) is 0 Å². The van der Waals surface area contributed by atoms with Gasteiger partial charge in [0.15, 0.2) is 0 Å². The highest BCUT2D eigenvalue weighted by atomic mass is 15.0. The molecule has 1 aliphatic rings. The Morgan fingerprint density at radius 3 is 2.56 bits per heavy atom. The van der Waals surface area contributed by atoms with Gasteiger partial charge in [-0.2, -0.15) is 0 Å². The summed E-state index contributed by atoms with van der Waals surface area (Å²) in [4.78, 5) is 0. The molecule has 1 saturated heterocycles. The third kappa shape index (κ3) is 2.35. The highest BCUT2D eigenvalue weighted by molar-refractivity contribution is 5.20. The average Bonchev–Trinajstić information content (AvgIpc) is 2.29. The van der Waals surface area contributed by atoms with E-state index >= 15 is 0 Å². The van der Waals surface area contributed by atoms with Crippen LogP contribution >= 0.6 is 0 Å². The van der Waals surface area contributed by atoms with Crippen LogP contribution in [0, 0.1) is 5.92 Å². The van der Waals surface area contributed by atoms with Crippen LogP contribution in [0.15, 0.2) is 42.5 Å². The van der Waals surface area contributed by atoms with Crippen molar-refractivity contribution >= 4 is 0 Å². The second kappa shape index (κ2) is 4.84. The van der Waals surface area contributed by atoms with Gasteiger partial charge < -0.3 is 5.32 Å². The van der Waals surface area contributed by atoms with Gasteiger partial charge in [-0.15, -0.1) is 0 Å². The molecule has 0 aliphatic carbocycles. The highest BCUT2D eigenvalue weighted by Crippen LogP contribution is 2.31. The standard InChI is InChI=1S/C15H21N/c1-11(2)14-10-9-12(3)16-15(14)13-7-5-4-6-8-13/h4-8,12,14-16H,1,9-10H2,2-3H3/p+1/t12-,14-,15-/m0/s1. The van der Waals surface area contributed by atoms with E-state index < -0.39 is 0 Å². The molecule has 1 heteroatoms. The van der Waals surface area contributed by atoms with Gasteiger partial charge in [0.2, 0.25) is 0 Å². The van der Waals surface area contributed by atoms with Crippen molar-refractivity contribution in [2.24, 2.45) is 5.92 Å². The maximum atomic E-state index is 4.16. The van der Waals surface area contributed by atoms with Crippen LogP contribution in [0.5, 0.6) is 0 Å². The van der Waals surface area contributed by atoms with E-state index in [9.17, 15) is 0 Å². The average molecular weight is 216 g/mol. The Morgan fingerprint density at radius 2 is 1.94 bits per heavy atom. The number of nitrogens with two attached hydrogens (primary N) is 1. The topological polar surface area (TPSA) is 16.6 Å². The van der Waals surface area contributed by atoms with Gasteiger partial charge in [0.1, 0.15) is 6.04 Å². The van der Waals surface area contributed by atoms with Gasteiger partial charge in [-0.1, -0.05) is 42.5 Å². The molecule has 0 saturated carbocycles. The smallest absolute Gasteiger partial charge is 0.118 e. The molecule has 1 heterocycles. The Balaban J connectivity index is 2.24. The molecular formula is C15H22N+. The predicted molar refractivity (Wildman–Crippen MR) is 68.1 cm³/mol. The molecule has 16 heavy (non-hydrogen) atoms. The van der Waals surface area contributed by atoms with E-state index in [1.54, 1.807) is 0 Å². The zero-order valence-corrected chi connectivity index (χ0v) is 10.3. The fraction of sp³-hybridized carbons (Fsp3) is 0.467. The first-order valence-electron chi connectivity index (χ1n) is 6.24. The van der Waals surface area contributed by atoms with Crippen LogP contribution in [0.25, 0.3) is 0 Å². The van der Waals surface area contributed by atoms with Crippen LogP contribution in [0.1, 0.15) is 38.3 Å². The minimum atomic E-state index is 0.572. The fourth-order valence-corrected chi connectivity index (χ4v) is 2.78. The van der Waals surface area contributed by atoms with Crippen LogP contribution < -0.4 is 5.32 Å². The Morgan fingerprint density at radius 1 is 1.25 bits per heavy atom. The molecule has 1 aromatic rings. The zero-order chi connectivity index (χ0) is 11.5. The first-order chi connectivity index (χ1) is 7.68. The summed E-state index contributed by atoms with van der Waals surface area (Å²) in [5, 5.41) is 2.51.